The molecule has 0 saturated carbocycles. The molecule has 0 fully saturated rings. The third kappa shape index (κ3) is 1.54. The van der Waals surface area contributed by atoms with E-state index in [1.807, 2.05) is 18.2 Å². The topological polar surface area (TPSA) is 28.7 Å². The smallest absolute Gasteiger partial charge is 0.107 e. The fraction of sp³-hybridized carbons (Fsp3) is 0.300. The van der Waals surface area contributed by atoms with Gasteiger partial charge in [0.2, 0.25) is 0 Å². The van der Waals surface area contributed by atoms with Crippen LogP contribution >= 0.6 is 11.6 Å². The van der Waals surface area contributed by atoms with Gasteiger partial charge in [0.15, 0.2) is 0 Å². The SMILES string of the molecule is CCCc1nc2c(Cl)cccc2[nH]1. The average molecular weight is 195 g/mol. The number of rotatable bonds is 2. The molecule has 0 aliphatic carbocycles. The van der Waals surface area contributed by atoms with E-state index in [9.17, 15) is 0 Å². The number of aryl methyl sites for hydroxylation is 1. The van der Waals surface area contributed by atoms with Crippen LogP contribution in [0.25, 0.3) is 11.0 Å². The van der Waals surface area contributed by atoms with Crippen LogP contribution in [0.15, 0.2) is 18.2 Å². The highest BCUT2D eigenvalue weighted by molar-refractivity contribution is 6.34. The molecule has 1 heterocycles. The number of H-pyrrole nitrogens is 1. The van der Waals surface area contributed by atoms with Crippen LogP contribution in [0.4, 0.5) is 0 Å². The minimum absolute atomic E-state index is 0.719. The summed E-state index contributed by atoms with van der Waals surface area (Å²) in [7, 11) is 0. The molecule has 0 aliphatic heterocycles. The Balaban J connectivity index is 2.55. The molecular formula is C10H11ClN2. The van der Waals surface area contributed by atoms with E-state index in [0.717, 1.165) is 34.7 Å². The maximum absolute atomic E-state index is 5.99. The van der Waals surface area contributed by atoms with E-state index >= 15 is 0 Å². The predicted molar refractivity (Wildman–Crippen MR) is 55.1 cm³/mol. The lowest BCUT2D eigenvalue weighted by Crippen LogP contribution is -1.84. The Bertz CT molecular complexity index is 420. The molecule has 68 valence electrons. The Labute approximate surface area is 81.9 Å². The van der Waals surface area contributed by atoms with Crippen LogP contribution in [0.5, 0.6) is 0 Å². The van der Waals surface area contributed by atoms with Gasteiger partial charge in [0.25, 0.3) is 0 Å². The number of halogens is 1. The van der Waals surface area contributed by atoms with Crippen molar-refractivity contribution in [1.82, 2.24) is 9.97 Å². The van der Waals surface area contributed by atoms with Gasteiger partial charge in [-0.05, 0) is 18.6 Å². The monoisotopic (exact) mass is 194 g/mol. The molecule has 0 radical (unpaired) electrons. The molecule has 2 rings (SSSR count). The fourth-order valence-corrected chi connectivity index (χ4v) is 1.62. The Hall–Kier alpha value is -1.02. The van der Waals surface area contributed by atoms with E-state index < -0.39 is 0 Å². The summed E-state index contributed by atoms with van der Waals surface area (Å²) in [6, 6.07) is 5.78. The maximum atomic E-state index is 5.99. The summed E-state index contributed by atoms with van der Waals surface area (Å²) in [6.45, 7) is 2.13. The van der Waals surface area contributed by atoms with Gasteiger partial charge in [-0.3, -0.25) is 0 Å². The van der Waals surface area contributed by atoms with Crippen LogP contribution in [0, 0.1) is 0 Å². The van der Waals surface area contributed by atoms with Crippen LogP contribution in [0.1, 0.15) is 19.2 Å². The fourth-order valence-electron chi connectivity index (χ4n) is 1.40. The molecule has 0 atom stereocenters. The second-order valence-corrected chi connectivity index (χ2v) is 3.48. The van der Waals surface area contributed by atoms with E-state index in [1.54, 1.807) is 0 Å². The predicted octanol–water partition coefficient (Wildman–Crippen LogP) is 3.17. The lowest BCUT2D eigenvalue weighted by molar-refractivity contribution is 0.861. The number of hydrogen-bond donors (Lipinski definition) is 1. The van der Waals surface area contributed by atoms with Crippen LogP contribution in [0.3, 0.4) is 0 Å². The summed E-state index contributed by atoms with van der Waals surface area (Å²) >= 11 is 5.99. The molecule has 0 bridgehead atoms. The zero-order chi connectivity index (χ0) is 9.26. The van der Waals surface area contributed by atoms with Crippen LogP contribution < -0.4 is 0 Å². The third-order valence-electron chi connectivity index (χ3n) is 2.00. The number of aromatic nitrogens is 2. The second-order valence-electron chi connectivity index (χ2n) is 3.07. The zero-order valence-electron chi connectivity index (χ0n) is 7.47. The number of imidazole rings is 1. The summed E-state index contributed by atoms with van der Waals surface area (Å²) in [6.07, 6.45) is 2.07. The van der Waals surface area contributed by atoms with Gasteiger partial charge in [0.05, 0.1) is 10.5 Å². The van der Waals surface area contributed by atoms with Crippen molar-refractivity contribution < 1.29 is 0 Å². The van der Waals surface area contributed by atoms with Gasteiger partial charge < -0.3 is 4.98 Å². The van der Waals surface area contributed by atoms with Crippen molar-refractivity contribution >= 4 is 22.6 Å². The quantitative estimate of drug-likeness (QED) is 0.782. The highest BCUT2D eigenvalue weighted by Crippen LogP contribution is 2.20. The van der Waals surface area contributed by atoms with E-state index in [1.165, 1.54) is 0 Å². The number of nitrogens with zero attached hydrogens (tertiary/aromatic N) is 1. The number of hydrogen-bond acceptors (Lipinski definition) is 1. The molecule has 0 amide bonds. The summed E-state index contributed by atoms with van der Waals surface area (Å²) < 4.78 is 0. The first kappa shape index (κ1) is 8.57. The normalized spacial score (nSPS) is 10.9. The Kier molecular flexibility index (Phi) is 2.23. The van der Waals surface area contributed by atoms with Crippen LogP contribution in [-0.4, -0.2) is 9.97 Å². The molecule has 0 spiro atoms. The Morgan fingerprint density at radius 2 is 2.31 bits per heavy atom. The first-order valence-corrected chi connectivity index (χ1v) is 4.82. The largest absolute Gasteiger partial charge is 0.342 e. The van der Waals surface area contributed by atoms with E-state index in [-0.39, 0.29) is 0 Å². The van der Waals surface area contributed by atoms with Crippen molar-refractivity contribution in [3.05, 3.63) is 29.0 Å². The summed E-state index contributed by atoms with van der Waals surface area (Å²) in [4.78, 5) is 7.66. The van der Waals surface area contributed by atoms with Gasteiger partial charge in [-0.1, -0.05) is 24.6 Å². The minimum Gasteiger partial charge on any atom is -0.342 e. The molecule has 1 aromatic carbocycles. The Morgan fingerprint density at radius 1 is 1.46 bits per heavy atom. The van der Waals surface area contributed by atoms with Crippen molar-refractivity contribution in [2.24, 2.45) is 0 Å². The van der Waals surface area contributed by atoms with Crippen molar-refractivity contribution in [2.75, 3.05) is 0 Å². The lowest BCUT2D eigenvalue weighted by atomic mass is 10.3. The second kappa shape index (κ2) is 3.38. The van der Waals surface area contributed by atoms with Crippen LogP contribution in [0.2, 0.25) is 5.02 Å². The van der Waals surface area contributed by atoms with Crippen molar-refractivity contribution in [1.29, 1.82) is 0 Å². The average Bonchev–Trinajstić information content (AvgIpc) is 2.49. The van der Waals surface area contributed by atoms with Gasteiger partial charge in [0.1, 0.15) is 11.3 Å². The van der Waals surface area contributed by atoms with E-state index in [0.29, 0.717) is 0 Å². The lowest BCUT2D eigenvalue weighted by Gasteiger charge is -1.88. The van der Waals surface area contributed by atoms with E-state index in [4.69, 9.17) is 11.6 Å². The molecular weight excluding hydrogens is 184 g/mol. The molecule has 2 aromatic rings. The number of benzene rings is 1. The summed E-state index contributed by atoms with van der Waals surface area (Å²) in [5.74, 6) is 1.02. The van der Waals surface area contributed by atoms with Crippen LogP contribution in [-0.2, 0) is 6.42 Å². The standard InChI is InChI=1S/C10H11ClN2/c1-2-4-9-12-8-6-3-5-7(11)10(8)13-9/h3,5-6H,2,4H2,1H3,(H,12,13). The van der Waals surface area contributed by atoms with Crippen molar-refractivity contribution in [3.63, 3.8) is 0 Å². The zero-order valence-corrected chi connectivity index (χ0v) is 8.23. The number of nitrogens with one attached hydrogen (secondary N) is 1. The first-order chi connectivity index (χ1) is 6.31. The maximum Gasteiger partial charge on any atom is 0.107 e. The number of para-hydroxylation sites is 1. The van der Waals surface area contributed by atoms with Gasteiger partial charge in [-0.2, -0.15) is 0 Å². The first-order valence-electron chi connectivity index (χ1n) is 4.44. The summed E-state index contributed by atoms with van der Waals surface area (Å²) in [5, 5.41) is 0.719. The van der Waals surface area contributed by atoms with Gasteiger partial charge >= 0.3 is 0 Å². The molecule has 3 heteroatoms. The van der Waals surface area contributed by atoms with Gasteiger partial charge in [0, 0.05) is 6.42 Å². The van der Waals surface area contributed by atoms with E-state index in [2.05, 4.69) is 16.9 Å². The van der Waals surface area contributed by atoms with Crippen molar-refractivity contribution in [3.8, 4) is 0 Å². The third-order valence-corrected chi connectivity index (χ3v) is 2.30. The number of fused-ring (bicyclic) bond motifs is 1. The molecule has 0 aliphatic rings. The summed E-state index contributed by atoms with van der Waals surface area (Å²) in [5.41, 5.74) is 1.91. The minimum atomic E-state index is 0.719. The molecule has 1 N–H and O–H groups in total. The highest BCUT2D eigenvalue weighted by Gasteiger charge is 2.03. The number of aromatic amines is 1. The molecule has 2 nitrogen and oxygen atoms in total. The molecule has 13 heavy (non-hydrogen) atoms. The van der Waals surface area contributed by atoms with Gasteiger partial charge in [-0.15, -0.1) is 0 Å². The molecule has 0 saturated heterocycles. The van der Waals surface area contributed by atoms with Gasteiger partial charge in [-0.25, -0.2) is 4.98 Å². The molecule has 0 unspecified atom stereocenters. The van der Waals surface area contributed by atoms with Crippen molar-refractivity contribution in [2.45, 2.75) is 19.8 Å². The highest BCUT2D eigenvalue weighted by atomic mass is 35.5. The Morgan fingerprint density at radius 3 is 3.00 bits per heavy atom. The molecule has 1 aromatic heterocycles.